The van der Waals surface area contributed by atoms with Crippen LogP contribution in [-0.2, 0) is 30.4 Å². The molecule has 0 saturated heterocycles. The fraction of sp³-hybridized carbons (Fsp3) is 0.600. The van der Waals surface area contributed by atoms with Crippen molar-refractivity contribution in [2.24, 2.45) is 11.5 Å². The lowest BCUT2D eigenvalue weighted by molar-refractivity contribution is -0.143. The standard InChI is InChI=1S/C45H68N8O8/c1-4-5-6-7-8-9-10-11-12-13-14-15-40(55)51-36(20-21-46)45(59)53(3)41-33-17-19-39(61-27-25-54)35(30-33)34-28-32(16-18-38(34)60-26-23-48)29-37(43(57)49-24-22-47)52-42(56)31(2)50-44(41)58/h16-19,28,30-31,36-37,41,54H,4-15,20-21,23-27,29,46,48H2,1-3H3,(H,49,57)(H,50,58)(H,51,55)(H,52,56)/t31-,36-,37-,41-/m0/s1. The van der Waals surface area contributed by atoms with Crippen molar-refractivity contribution in [3.05, 3.63) is 47.5 Å². The maximum absolute atomic E-state index is 14.4. The first-order valence-corrected chi connectivity index (χ1v) is 21.8. The largest absolute Gasteiger partial charge is 0.492 e. The van der Waals surface area contributed by atoms with Crippen LogP contribution in [-0.4, -0.2) is 104 Å². The average molecular weight is 849 g/mol. The van der Waals surface area contributed by atoms with Gasteiger partial charge in [-0.05, 0) is 61.7 Å². The number of aliphatic hydroxyl groups is 1. The Morgan fingerprint density at radius 3 is 2.13 bits per heavy atom. The molecular formula is C45H68N8O8. The minimum Gasteiger partial charge on any atom is -0.492 e. The maximum Gasteiger partial charge on any atom is 0.248 e. The zero-order chi connectivity index (χ0) is 44.6. The van der Waals surface area contributed by atoms with E-state index in [-0.39, 0.29) is 64.6 Å². The zero-order valence-corrected chi connectivity index (χ0v) is 36.3. The summed E-state index contributed by atoms with van der Waals surface area (Å²) in [6, 6.07) is 7.25. The summed E-state index contributed by atoms with van der Waals surface area (Å²) >= 11 is 0. The summed E-state index contributed by atoms with van der Waals surface area (Å²) < 4.78 is 12.0. The van der Waals surface area contributed by atoms with Gasteiger partial charge in [0.25, 0.3) is 0 Å². The van der Waals surface area contributed by atoms with Gasteiger partial charge in [0, 0.05) is 37.6 Å². The number of nitrogens with two attached hydrogens (primary N) is 2. The maximum atomic E-state index is 14.4. The van der Waals surface area contributed by atoms with Gasteiger partial charge in [-0.3, -0.25) is 24.0 Å². The van der Waals surface area contributed by atoms with Gasteiger partial charge in [-0.15, -0.1) is 0 Å². The molecule has 16 nitrogen and oxygen atoms in total. The third-order valence-corrected chi connectivity index (χ3v) is 10.6. The number of ether oxygens (including phenoxy) is 2. The van der Waals surface area contributed by atoms with E-state index in [1.165, 1.54) is 63.8 Å². The number of hydrogen-bond acceptors (Lipinski definition) is 11. The molecule has 2 aromatic carbocycles. The van der Waals surface area contributed by atoms with Crippen molar-refractivity contribution in [3.63, 3.8) is 0 Å². The van der Waals surface area contributed by atoms with Crippen molar-refractivity contribution in [3.8, 4) is 28.7 Å². The lowest BCUT2D eigenvalue weighted by Gasteiger charge is -2.32. The monoisotopic (exact) mass is 849 g/mol. The van der Waals surface area contributed by atoms with Crippen molar-refractivity contribution in [1.29, 1.82) is 5.26 Å². The van der Waals surface area contributed by atoms with Crippen LogP contribution in [0.2, 0.25) is 0 Å². The molecule has 0 aromatic heterocycles. The van der Waals surface area contributed by atoms with E-state index in [1.807, 2.05) is 6.07 Å². The molecular weight excluding hydrogens is 781 g/mol. The Morgan fingerprint density at radius 2 is 1.51 bits per heavy atom. The number of benzene rings is 2. The number of carbonyl (C=O) groups is 5. The highest BCUT2D eigenvalue weighted by molar-refractivity contribution is 5.96. The number of nitrogens with zero attached hydrogens (tertiary/aromatic N) is 2. The van der Waals surface area contributed by atoms with Crippen molar-refractivity contribution in [2.45, 2.75) is 128 Å². The summed E-state index contributed by atoms with van der Waals surface area (Å²) in [5.41, 5.74) is 13.6. The van der Waals surface area contributed by atoms with E-state index in [0.29, 0.717) is 40.2 Å². The predicted molar refractivity (Wildman–Crippen MR) is 233 cm³/mol. The number of likely N-dealkylation sites (N-methyl/N-ethyl adjacent to an activating group) is 1. The Balaban J connectivity index is 1.98. The van der Waals surface area contributed by atoms with Gasteiger partial charge in [0.1, 0.15) is 55.4 Å². The molecule has 4 bridgehead atoms. The number of carbonyl (C=O) groups excluding carboxylic acids is 5. The van der Waals surface area contributed by atoms with Crippen LogP contribution in [0.4, 0.5) is 0 Å². The van der Waals surface area contributed by atoms with Crippen molar-refractivity contribution < 1.29 is 38.6 Å². The van der Waals surface area contributed by atoms with E-state index >= 15 is 0 Å². The molecule has 16 heteroatoms. The molecule has 0 aliphatic carbocycles. The summed E-state index contributed by atoms with van der Waals surface area (Å²) in [4.78, 5) is 70.1. The first-order valence-electron chi connectivity index (χ1n) is 21.8. The molecule has 0 saturated carbocycles. The third-order valence-electron chi connectivity index (χ3n) is 10.6. The molecule has 1 aliphatic heterocycles. The molecule has 2 aromatic rings. The van der Waals surface area contributed by atoms with Crippen LogP contribution in [0.5, 0.6) is 11.5 Å². The highest BCUT2D eigenvalue weighted by atomic mass is 16.5. The van der Waals surface area contributed by atoms with Gasteiger partial charge in [-0.2, -0.15) is 5.26 Å². The molecule has 9 N–H and O–H groups in total. The second-order valence-corrected chi connectivity index (χ2v) is 15.5. The number of unbranched alkanes of at least 4 members (excludes halogenated alkanes) is 10. The summed E-state index contributed by atoms with van der Waals surface area (Å²) in [5, 5.41) is 29.6. The Hall–Kier alpha value is -5.24. The highest BCUT2D eigenvalue weighted by Gasteiger charge is 2.36. The van der Waals surface area contributed by atoms with Gasteiger partial charge in [-0.25, -0.2) is 0 Å². The Bertz CT molecular complexity index is 1770. The zero-order valence-electron chi connectivity index (χ0n) is 36.3. The van der Waals surface area contributed by atoms with E-state index in [4.69, 9.17) is 26.2 Å². The second-order valence-electron chi connectivity index (χ2n) is 15.5. The molecule has 0 radical (unpaired) electrons. The third kappa shape index (κ3) is 16.3. The molecule has 3 rings (SSSR count). The van der Waals surface area contributed by atoms with Gasteiger partial charge >= 0.3 is 0 Å². The van der Waals surface area contributed by atoms with E-state index in [2.05, 4.69) is 28.2 Å². The number of rotatable bonds is 25. The van der Waals surface area contributed by atoms with Crippen LogP contribution in [0.1, 0.15) is 114 Å². The Morgan fingerprint density at radius 1 is 0.885 bits per heavy atom. The minimum absolute atomic E-state index is 0.00767. The molecule has 0 spiro atoms. The first kappa shape index (κ1) is 50.1. The second kappa shape index (κ2) is 27.6. The van der Waals surface area contributed by atoms with E-state index in [0.717, 1.165) is 19.3 Å². The van der Waals surface area contributed by atoms with Crippen molar-refractivity contribution in [1.82, 2.24) is 26.2 Å². The quantitative estimate of drug-likeness (QED) is 0.0564. The number of aliphatic hydroxyl groups excluding tert-OH is 1. The SMILES string of the molecule is CCCCCCCCCCCCCC(=O)N[C@@H](CCN)C(=O)N(C)[C@@H]1C(=O)N[C@@H](C)C(=O)N[C@H](C(=O)NCC#N)Cc2ccc(OCCN)c(c2)-c2cc1ccc2OCCO. The lowest BCUT2D eigenvalue weighted by Crippen LogP contribution is -2.56. The van der Waals surface area contributed by atoms with Gasteiger partial charge in [0.2, 0.25) is 29.5 Å². The molecule has 1 heterocycles. The van der Waals surface area contributed by atoms with Gasteiger partial charge in [0.05, 0.1) is 12.7 Å². The fourth-order valence-electron chi connectivity index (χ4n) is 7.33. The van der Waals surface area contributed by atoms with Crippen LogP contribution in [0.25, 0.3) is 11.1 Å². The van der Waals surface area contributed by atoms with Crippen LogP contribution in [0, 0.1) is 11.3 Å². The molecule has 61 heavy (non-hydrogen) atoms. The number of hydrogen-bond donors (Lipinski definition) is 7. The summed E-state index contributed by atoms with van der Waals surface area (Å²) in [6.07, 6.45) is 12.9. The van der Waals surface area contributed by atoms with Crippen LogP contribution in [0.3, 0.4) is 0 Å². The number of fused-ring (bicyclic) bond motifs is 5. The molecule has 4 atom stereocenters. The summed E-state index contributed by atoms with van der Waals surface area (Å²) in [5.74, 6) is -2.15. The molecule has 0 unspecified atom stereocenters. The predicted octanol–water partition coefficient (Wildman–Crippen LogP) is 3.28. The smallest absolute Gasteiger partial charge is 0.248 e. The van der Waals surface area contributed by atoms with Gasteiger partial charge in [-0.1, -0.05) is 83.3 Å². The Labute approximate surface area is 360 Å². The van der Waals surface area contributed by atoms with Crippen LogP contribution in [0.15, 0.2) is 36.4 Å². The van der Waals surface area contributed by atoms with Gasteiger partial charge in [0.15, 0.2) is 0 Å². The minimum atomic E-state index is -1.34. The van der Waals surface area contributed by atoms with Crippen LogP contribution < -0.4 is 42.2 Å². The Kier molecular flexibility index (Phi) is 22.7. The fourth-order valence-corrected chi connectivity index (χ4v) is 7.33. The van der Waals surface area contributed by atoms with Crippen molar-refractivity contribution >= 4 is 29.5 Å². The van der Waals surface area contributed by atoms with Crippen LogP contribution >= 0.6 is 0 Å². The normalized spacial score (nSPS) is 16.8. The highest BCUT2D eigenvalue weighted by Crippen LogP contribution is 2.40. The van der Waals surface area contributed by atoms with E-state index in [1.54, 1.807) is 36.4 Å². The number of nitriles is 1. The van der Waals surface area contributed by atoms with Crippen molar-refractivity contribution in [2.75, 3.05) is 46.5 Å². The molecule has 0 fully saturated rings. The molecule has 1 aliphatic rings. The van der Waals surface area contributed by atoms with E-state index < -0.39 is 47.8 Å². The topological polar surface area (TPSA) is 251 Å². The average Bonchev–Trinajstić information content (AvgIpc) is 3.25. The molecule has 5 amide bonds. The first-order chi connectivity index (χ1) is 29.5. The lowest BCUT2D eigenvalue weighted by atomic mass is 9.93. The number of nitrogens with one attached hydrogen (secondary N) is 4. The van der Waals surface area contributed by atoms with Gasteiger partial charge < -0.3 is 52.2 Å². The summed E-state index contributed by atoms with van der Waals surface area (Å²) in [6.45, 7) is 3.48. The number of amides is 5. The summed E-state index contributed by atoms with van der Waals surface area (Å²) in [7, 11) is 1.45. The van der Waals surface area contributed by atoms with E-state index in [9.17, 15) is 29.1 Å². The molecule has 336 valence electrons.